The predicted octanol–water partition coefficient (Wildman–Crippen LogP) is 2.95. The molecule has 1 atom stereocenters. The summed E-state index contributed by atoms with van der Waals surface area (Å²) in [7, 11) is -7.99. The third-order valence-corrected chi connectivity index (χ3v) is 7.92. The average Bonchev–Trinajstić information content (AvgIpc) is 2.52. The number of rotatable bonds is 1. The van der Waals surface area contributed by atoms with Crippen molar-refractivity contribution in [3.8, 4) is 6.07 Å². The summed E-state index contributed by atoms with van der Waals surface area (Å²) in [5.41, 5.74) is 0.440. The van der Waals surface area contributed by atoms with Crippen LogP contribution in [0.3, 0.4) is 0 Å². The lowest BCUT2D eigenvalue weighted by molar-refractivity contribution is 0.569. The molecule has 1 heterocycles. The Balaban J connectivity index is 2.43. The highest BCUT2D eigenvalue weighted by molar-refractivity contribution is 7.97. The summed E-state index contributed by atoms with van der Waals surface area (Å²) in [6.45, 7) is 1.61. The van der Waals surface area contributed by atoms with Crippen LogP contribution in [0, 0.1) is 11.3 Å². The van der Waals surface area contributed by atoms with Gasteiger partial charge in [-0.05, 0) is 42.8 Å². The molecule has 0 bridgehead atoms. The molecule has 1 unspecified atom stereocenters. The molecule has 23 heavy (non-hydrogen) atoms. The van der Waals surface area contributed by atoms with E-state index in [4.69, 9.17) is 16.9 Å². The van der Waals surface area contributed by atoms with Crippen LogP contribution in [-0.4, -0.2) is 16.8 Å². The van der Waals surface area contributed by atoms with Crippen molar-refractivity contribution < 1.29 is 16.8 Å². The van der Waals surface area contributed by atoms with Crippen LogP contribution in [0.5, 0.6) is 0 Å². The Morgan fingerprint density at radius 3 is 2.04 bits per heavy atom. The van der Waals surface area contributed by atoms with Crippen molar-refractivity contribution in [3.05, 3.63) is 47.0 Å². The van der Waals surface area contributed by atoms with Gasteiger partial charge in [-0.25, -0.2) is 16.8 Å². The molecule has 8 heteroatoms. The zero-order valence-electron chi connectivity index (χ0n) is 11.8. The minimum atomic E-state index is -4.03. The Bertz CT molecular complexity index is 1080. The van der Waals surface area contributed by atoms with E-state index in [1.165, 1.54) is 30.3 Å². The van der Waals surface area contributed by atoms with Gasteiger partial charge in [0.2, 0.25) is 19.7 Å². The van der Waals surface area contributed by atoms with Gasteiger partial charge in [0.15, 0.2) is 0 Å². The summed E-state index contributed by atoms with van der Waals surface area (Å²) in [6.07, 6.45) is 0. The average molecular weight is 368 g/mol. The maximum atomic E-state index is 12.8. The highest BCUT2D eigenvalue weighted by Gasteiger charge is 2.39. The van der Waals surface area contributed by atoms with E-state index in [0.717, 1.165) is 6.07 Å². The quantitative estimate of drug-likeness (QED) is 0.659. The largest absolute Gasteiger partial charge is 0.218 e. The number of hydrogen-bond donors (Lipinski definition) is 0. The summed E-state index contributed by atoms with van der Waals surface area (Å²) >= 11 is 5.83. The number of nitriles is 1. The Morgan fingerprint density at radius 2 is 1.43 bits per heavy atom. The molecule has 2 aromatic carbocycles. The number of hydrogen-bond acceptors (Lipinski definition) is 5. The lowest BCUT2D eigenvalue weighted by Gasteiger charge is -2.21. The van der Waals surface area contributed by atoms with Crippen molar-refractivity contribution in [2.24, 2.45) is 0 Å². The SMILES string of the molecule is CC(C#N)c1ccc2c(c1)S(=O)(=O)c1cc(Cl)ccc1S2(=O)=O. The number of nitrogens with zero attached hydrogens (tertiary/aromatic N) is 1. The molecule has 0 radical (unpaired) electrons. The van der Waals surface area contributed by atoms with Crippen LogP contribution in [-0.2, 0) is 19.7 Å². The highest BCUT2D eigenvalue weighted by Crippen LogP contribution is 2.42. The fourth-order valence-electron chi connectivity index (χ4n) is 2.45. The normalized spacial score (nSPS) is 18.3. The minimum Gasteiger partial charge on any atom is -0.218 e. The summed E-state index contributed by atoms with van der Waals surface area (Å²) in [4.78, 5) is -1.21. The Hall–Kier alpha value is -1.88. The van der Waals surface area contributed by atoms with E-state index in [-0.39, 0.29) is 24.6 Å². The van der Waals surface area contributed by atoms with Crippen molar-refractivity contribution in [1.29, 1.82) is 5.26 Å². The van der Waals surface area contributed by atoms with Gasteiger partial charge in [0, 0.05) is 5.02 Å². The number of sulfone groups is 2. The fraction of sp³-hybridized carbons (Fsp3) is 0.133. The molecule has 5 nitrogen and oxygen atoms in total. The van der Waals surface area contributed by atoms with Gasteiger partial charge in [0.1, 0.15) is 0 Å². The first-order valence-corrected chi connectivity index (χ1v) is 9.87. The van der Waals surface area contributed by atoms with E-state index in [2.05, 4.69) is 0 Å². The van der Waals surface area contributed by atoms with Crippen molar-refractivity contribution in [1.82, 2.24) is 0 Å². The van der Waals surface area contributed by atoms with Crippen LogP contribution in [0.15, 0.2) is 56.0 Å². The maximum absolute atomic E-state index is 12.8. The van der Waals surface area contributed by atoms with Crippen molar-refractivity contribution in [2.75, 3.05) is 0 Å². The molecular weight excluding hydrogens is 358 g/mol. The zero-order valence-corrected chi connectivity index (χ0v) is 14.2. The van der Waals surface area contributed by atoms with Crippen molar-refractivity contribution in [2.45, 2.75) is 32.4 Å². The second-order valence-corrected chi connectivity index (χ2v) is 9.36. The standard InChI is InChI=1S/C15H10ClNO4S2/c1-9(8-17)10-2-4-12-14(6-10)23(20,21)15-7-11(16)3-5-13(15)22(12,18)19/h2-7,9H,1H3. The molecule has 0 N–H and O–H groups in total. The van der Waals surface area contributed by atoms with Gasteiger partial charge in [-0.15, -0.1) is 0 Å². The molecule has 1 aliphatic heterocycles. The second kappa shape index (κ2) is 5.06. The van der Waals surface area contributed by atoms with Crippen LogP contribution < -0.4 is 0 Å². The molecule has 3 rings (SSSR count). The van der Waals surface area contributed by atoms with Gasteiger partial charge < -0.3 is 0 Å². The lowest BCUT2D eigenvalue weighted by Crippen LogP contribution is -2.20. The Morgan fingerprint density at radius 1 is 0.913 bits per heavy atom. The summed E-state index contributed by atoms with van der Waals surface area (Å²) in [6, 6.07) is 9.61. The topological polar surface area (TPSA) is 92.1 Å². The van der Waals surface area contributed by atoms with Gasteiger partial charge in [-0.3, -0.25) is 0 Å². The first-order chi connectivity index (χ1) is 10.7. The van der Waals surface area contributed by atoms with E-state index < -0.39 is 25.6 Å². The highest BCUT2D eigenvalue weighted by atomic mass is 35.5. The van der Waals surface area contributed by atoms with Crippen LogP contribution in [0.2, 0.25) is 5.02 Å². The van der Waals surface area contributed by atoms with Gasteiger partial charge in [-0.1, -0.05) is 17.7 Å². The lowest BCUT2D eigenvalue weighted by atomic mass is 10.0. The summed E-state index contributed by atoms with van der Waals surface area (Å²) < 4.78 is 50.9. The molecular formula is C15H10ClNO4S2. The molecule has 0 amide bonds. The van der Waals surface area contributed by atoms with Crippen LogP contribution in [0.25, 0.3) is 0 Å². The molecule has 0 fully saturated rings. The molecule has 1 aliphatic rings. The van der Waals surface area contributed by atoms with Crippen LogP contribution >= 0.6 is 11.6 Å². The molecule has 2 aromatic rings. The molecule has 0 saturated heterocycles. The molecule has 0 aliphatic carbocycles. The van der Waals surface area contributed by atoms with Crippen molar-refractivity contribution >= 4 is 31.3 Å². The fourth-order valence-corrected chi connectivity index (χ4v) is 6.86. The van der Waals surface area contributed by atoms with E-state index in [9.17, 15) is 16.8 Å². The van der Waals surface area contributed by atoms with E-state index >= 15 is 0 Å². The van der Waals surface area contributed by atoms with Gasteiger partial charge in [0.05, 0.1) is 31.6 Å². The maximum Gasteiger partial charge on any atom is 0.209 e. The molecule has 0 spiro atoms. The first-order valence-electron chi connectivity index (χ1n) is 6.53. The first kappa shape index (κ1) is 16.0. The van der Waals surface area contributed by atoms with E-state index in [1.807, 2.05) is 6.07 Å². The second-order valence-electron chi connectivity index (χ2n) is 5.15. The Labute approximate surface area is 139 Å². The zero-order chi connectivity index (χ0) is 17.0. The third-order valence-electron chi connectivity index (χ3n) is 3.73. The van der Waals surface area contributed by atoms with Crippen LogP contribution in [0.4, 0.5) is 0 Å². The predicted molar refractivity (Wildman–Crippen MR) is 82.8 cm³/mol. The van der Waals surface area contributed by atoms with Crippen LogP contribution in [0.1, 0.15) is 18.4 Å². The van der Waals surface area contributed by atoms with Gasteiger partial charge >= 0.3 is 0 Å². The Kier molecular flexibility index (Phi) is 3.52. The third kappa shape index (κ3) is 2.26. The van der Waals surface area contributed by atoms with E-state index in [1.54, 1.807) is 6.92 Å². The van der Waals surface area contributed by atoms with Gasteiger partial charge in [0.25, 0.3) is 0 Å². The summed E-state index contributed by atoms with van der Waals surface area (Å²) in [5.74, 6) is -0.557. The number of fused-ring (bicyclic) bond motifs is 2. The molecule has 0 aromatic heterocycles. The van der Waals surface area contributed by atoms with Gasteiger partial charge in [-0.2, -0.15) is 5.26 Å². The molecule has 0 saturated carbocycles. The number of halogens is 1. The van der Waals surface area contributed by atoms with Crippen molar-refractivity contribution in [3.63, 3.8) is 0 Å². The number of benzene rings is 2. The minimum absolute atomic E-state index is 0.132. The molecule has 118 valence electrons. The summed E-state index contributed by atoms with van der Waals surface area (Å²) in [5, 5.41) is 9.12. The monoisotopic (exact) mass is 367 g/mol. The van der Waals surface area contributed by atoms with E-state index in [0.29, 0.717) is 5.56 Å². The smallest absolute Gasteiger partial charge is 0.209 e.